The molecule has 0 saturated heterocycles. The number of carbonyl (C=O) groups is 2. The van der Waals surface area contributed by atoms with Gasteiger partial charge in [0.2, 0.25) is 0 Å². The highest BCUT2D eigenvalue weighted by Gasteiger charge is 2.49. The van der Waals surface area contributed by atoms with Crippen LogP contribution in [0.5, 0.6) is 0 Å². The third-order valence-electron chi connectivity index (χ3n) is 2.47. The molecule has 0 aromatic rings. The Balaban J connectivity index is 2.72. The van der Waals surface area contributed by atoms with Crippen molar-refractivity contribution in [1.82, 2.24) is 0 Å². The first kappa shape index (κ1) is 7.45. The summed E-state index contributed by atoms with van der Waals surface area (Å²) in [6.45, 7) is 5.23. The molecule has 0 heterocycles. The second-order valence-corrected chi connectivity index (χ2v) is 3.51. The van der Waals surface area contributed by atoms with Gasteiger partial charge in [0.1, 0.15) is 11.6 Å². The zero-order valence-corrected chi connectivity index (χ0v) is 6.60. The molecule has 10 heavy (non-hydrogen) atoms. The van der Waals surface area contributed by atoms with Crippen LogP contribution in [0.15, 0.2) is 0 Å². The molecule has 0 aliphatic heterocycles. The molecule has 1 atom stereocenters. The predicted octanol–water partition coefficient (Wildman–Crippen LogP) is 1.19. The monoisotopic (exact) mass is 140 g/mol. The highest BCUT2D eigenvalue weighted by atomic mass is 16.1. The van der Waals surface area contributed by atoms with Crippen LogP contribution in [-0.4, -0.2) is 11.6 Å². The molecule has 1 saturated carbocycles. The van der Waals surface area contributed by atoms with E-state index in [0.717, 1.165) is 0 Å². The number of rotatable bonds is 1. The number of Topliss-reactive ketones (excluding diaryl/α,β-unsaturated/α-hetero) is 2. The molecule has 0 N–H and O–H groups in total. The Kier molecular flexibility index (Phi) is 1.42. The SMILES string of the molecule is CC(=O)[C@H]1CC(=O)C1(C)C. The lowest BCUT2D eigenvalue weighted by Crippen LogP contribution is -2.48. The van der Waals surface area contributed by atoms with E-state index in [1.807, 2.05) is 13.8 Å². The Morgan fingerprint density at radius 2 is 2.10 bits per heavy atom. The van der Waals surface area contributed by atoms with E-state index in [9.17, 15) is 9.59 Å². The van der Waals surface area contributed by atoms with Crippen LogP contribution in [0.4, 0.5) is 0 Å². The Morgan fingerprint density at radius 3 is 2.20 bits per heavy atom. The summed E-state index contributed by atoms with van der Waals surface area (Å²) < 4.78 is 0. The van der Waals surface area contributed by atoms with Crippen LogP contribution >= 0.6 is 0 Å². The predicted molar refractivity (Wildman–Crippen MR) is 37.6 cm³/mol. The minimum Gasteiger partial charge on any atom is -0.300 e. The van der Waals surface area contributed by atoms with E-state index < -0.39 is 0 Å². The van der Waals surface area contributed by atoms with Gasteiger partial charge in [-0.2, -0.15) is 0 Å². The minimum absolute atomic E-state index is 0.0139. The summed E-state index contributed by atoms with van der Waals surface area (Å²) in [5.74, 6) is 0.345. The highest BCUT2D eigenvalue weighted by molar-refractivity contribution is 6.00. The smallest absolute Gasteiger partial charge is 0.139 e. The fourth-order valence-corrected chi connectivity index (χ4v) is 1.42. The van der Waals surface area contributed by atoms with Crippen LogP contribution in [0.3, 0.4) is 0 Å². The molecule has 0 aromatic carbocycles. The maximum absolute atomic E-state index is 10.9. The lowest BCUT2D eigenvalue weighted by molar-refractivity contribution is -0.150. The van der Waals surface area contributed by atoms with Gasteiger partial charge < -0.3 is 0 Å². The van der Waals surface area contributed by atoms with Gasteiger partial charge in [-0.15, -0.1) is 0 Å². The van der Waals surface area contributed by atoms with E-state index >= 15 is 0 Å². The van der Waals surface area contributed by atoms with Gasteiger partial charge in [-0.25, -0.2) is 0 Å². The van der Waals surface area contributed by atoms with Gasteiger partial charge in [0.25, 0.3) is 0 Å². The van der Waals surface area contributed by atoms with Gasteiger partial charge in [0, 0.05) is 17.8 Å². The van der Waals surface area contributed by atoms with Crippen LogP contribution in [0.1, 0.15) is 27.2 Å². The fourth-order valence-electron chi connectivity index (χ4n) is 1.42. The normalized spacial score (nSPS) is 29.5. The summed E-state index contributed by atoms with van der Waals surface area (Å²) in [6, 6.07) is 0. The van der Waals surface area contributed by atoms with Crippen molar-refractivity contribution in [2.45, 2.75) is 27.2 Å². The number of ketones is 2. The zero-order chi connectivity index (χ0) is 7.94. The van der Waals surface area contributed by atoms with Gasteiger partial charge in [-0.1, -0.05) is 13.8 Å². The van der Waals surface area contributed by atoms with E-state index in [-0.39, 0.29) is 22.9 Å². The molecule has 0 unspecified atom stereocenters. The van der Waals surface area contributed by atoms with Crippen LogP contribution in [0.2, 0.25) is 0 Å². The van der Waals surface area contributed by atoms with Crippen molar-refractivity contribution in [2.75, 3.05) is 0 Å². The first-order chi connectivity index (χ1) is 4.46. The second-order valence-electron chi connectivity index (χ2n) is 3.51. The van der Waals surface area contributed by atoms with Gasteiger partial charge in [-0.3, -0.25) is 9.59 Å². The topological polar surface area (TPSA) is 34.1 Å². The molecule has 56 valence electrons. The van der Waals surface area contributed by atoms with Crippen molar-refractivity contribution in [3.05, 3.63) is 0 Å². The fraction of sp³-hybridized carbons (Fsp3) is 0.750. The van der Waals surface area contributed by atoms with Crippen LogP contribution < -0.4 is 0 Å². The summed E-state index contributed by atoms with van der Waals surface area (Å²) >= 11 is 0. The van der Waals surface area contributed by atoms with Gasteiger partial charge in [0.05, 0.1) is 0 Å². The second kappa shape index (κ2) is 1.91. The number of carbonyl (C=O) groups excluding carboxylic acids is 2. The van der Waals surface area contributed by atoms with E-state index in [4.69, 9.17) is 0 Å². The molecular weight excluding hydrogens is 128 g/mol. The van der Waals surface area contributed by atoms with E-state index in [2.05, 4.69) is 0 Å². The maximum atomic E-state index is 10.9. The van der Waals surface area contributed by atoms with Crippen molar-refractivity contribution in [1.29, 1.82) is 0 Å². The first-order valence-electron chi connectivity index (χ1n) is 3.50. The number of hydrogen-bond acceptors (Lipinski definition) is 2. The van der Waals surface area contributed by atoms with Crippen LogP contribution in [0.25, 0.3) is 0 Å². The summed E-state index contributed by atoms with van der Waals surface area (Å²) in [5.41, 5.74) is -0.369. The molecule has 1 aliphatic carbocycles. The molecule has 0 radical (unpaired) electrons. The Morgan fingerprint density at radius 1 is 1.60 bits per heavy atom. The largest absolute Gasteiger partial charge is 0.300 e. The van der Waals surface area contributed by atoms with E-state index in [1.54, 1.807) is 6.92 Å². The Bertz CT molecular complexity index is 191. The summed E-state index contributed by atoms with van der Waals surface area (Å²) in [5, 5.41) is 0. The maximum Gasteiger partial charge on any atom is 0.139 e. The number of hydrogen-bond donors (Lipinski definition) is 0. The molecule has 1 rings (SSSR count). The first-order valence-corrected chi connectivity index (χ1v) is 3.50. The summed E-state index contributed by atoms with van der Waals surface area (Å²) in [6.07, 6.45) is 0.461. The standard InChI is InChI=1S/C8H12O2/c1-5(9)6-4-7(10)8(6,2)3/h6H,4H2,1-3H3/t6-/m1/s1. The molecule has 2 nitrogen and oxygen atoms in total. The quantitative estimate of drug-likeness (QED) is 0.548. The van der Waals surface area contributed by atoms with E-state index in [0.29, 0.717) is 6.42 Å². The van der Waals surface area contributed by atoms with Crippen LogP contribution in [0, 0.1) is 11.3 Å². The molecule has 0 bridgehead atoms. The summed E-state index contributed by atoms with van der Waals surface area (Å²) in [4.78, 5) is 21.7. The highest BCUT2D eigenvalue weighted by Crippen LogP contribution is 2.42. The lowest BCUT2D eigenvalue weighted by atomic mass is 9.60. The average molecular weight is 140 g/mol. The van der Waals surface area contributed by atoms with E-state index in [1.165, 1.54) is 0 Å². The Labute approximate surface area is 60.6 Å². The average Bonchev–Trinajstić information content (AvgIpc) is 1.82. The van der Waals surface area contributed by atoms with Crippen molar-refractivity contribution in [3.63, 3.8) is 0 Å². The molecular formula is C8H12O2. The molecule has 1 aliphatic rings. The van der Waals surface area contributed by atoms with Gasteiger partial charge in [0.15, 0.2) is 0 Å². The summed E-state index contributed by atoms with van der Waals surface area (Å²) in [7, 11) is 0. The molecule has 2 heteroatoms. The third-order valence-corrected chi connectivity index (χ3v) is 2.47. The van der Waals surface area contributed by atoms with Crippen LogP contribution in [-0.2, 0) is 9.59 Å². The van der Waals surface area contributed by atoms with Crippen molar-refractivity contribution in [2.24, 2.45) is 11.3 Å². The third kappa shape index (κ3) is 0.789. The minimum atomic E-state index is -0.369. The van der Waals surface area contributed by atoms with Gasteiger partial charge >= 0.3 is 0 Å². The lowest BCUT2D eigenvalue weighted by Gasteiger charge is -2.40. The molecule has 1 fully saturated rings. The zero-order valence-electron chi connectivity index (χ0n) is 6.60. The molecule has 0 aromatic heterocycles. The van der Waals surface area contributed by atoms with Crippen molar-refractivity contribution < 1.29 is 9.59 Å². The Hall–Kier alpha value is -0.660. The van der Waals surface area contributed by atoms with Gasteiger partial charge in [-0.05, 0) is 6.92 Å². The molecule has 0 spiro atoms. The molecule has 0 amide bonds. The van der Waals surface area contributed by atoms with Crippen molar-refractivity contribution >= 4 is 11.6 Å². The van der Waals surface area contributed by atoms with Crippen molar-refractivity contribution in [3.8, 4) is 0 Å².